The van der Waals surface area contributed by atoms with Crippen LogP contribution < -0.4 is 20.8 Å². The second-order valence-electron chi connectivity index (χ2n) is 5.95. The van der Waals surface area contributed by atoms with E-state index in [1.807, 2.05) is 0 Å². The molecule has 0 radical (unpaired) electrons. The fourth-order valence-corrected chi connectivity index (χ4v) is 3.65. The van der Waals surface area contributed by atoms with Crippen LogP contribution in [0.15, 0.2) is 52.0 Å². The van der Waals surface area contributed by atoms with Gasteiger partial charge in [0.1, 0.15) is 11.8 Å². The molecule has 0 unspecified atom stereocenters. The summed E-state index contributed by atoms with van der Waals surface area (Å²) in [6.45, 7) is -3.11. The quantitative estimate of drug-likeness (QED) is 0.648. The number of alkyl halides is 2. The summed E-state index contributed by atoms with van der Waals surface area (Å²) in [5.41, 5.74) is 5.94. The number of benzene rings is 2. The largest absolute Gasteiger partial charge is 0.431 e. The number of hydrazone groups is 1. The molecular weight excluding hydrogens is 474 g/mol. The first-order valence-corrected chi connectivity index (χ1v) is 9.39. The summed E-state index contributed by atoms with van der Waals surface area (Å²) in [7, 11) is 0. The van der Waals surface area contributed by atoms with Crippen molar-refractivity contribution in [2.24, 2.45) is 10.8 Å². The molecule has 1 heterocycles. The van der Waals surface area contributed by atoms with Crippen LogP contribution in [-0.2, 0) is 9.59 Å². The molecule has 0 aliphatic carbocycles. The molecule has 0 spiro atoms. The smallest absolute Gasteiger partial charge is 0.387 e. The Morgan fingerprint density at radius 1 is 1.31 bits per heavy atom. The van der Waals surface area contributed by atoms with Gasteiger partial charge in [-0.15, -0.1) is 0 Å². The number of anilines is 2. The number of halogens is 4. The maximum Gasteiger partial charge on any atom is 0.387 e. The highest BCUT2D eigenvalue weighted by atomic mass is 79.9. The maximum absolute atomic E-state index is 12.7. The lowest BCUT2D eigenvalue weighted by Gasteiger charge is -2.20. The molecule has 2 aromatic rings. The minimum atomic E-state index is -3.11. The SMILES string of the molecule is NC(=O)[C@@H]1CC(C(=O)Nc2cc(Cl)cc(Br)c2OC(F)F)=NN1c1ccccc1. The second-order valence-corrected chi connectivity index (χ2v) is 7.24. The first kappa shape index (κ1) is 21.0. The fraction of sp³-hybridized carbons (Fsp3) is 0.167. The molecule has 0 saturated heterocycles. The highest BCUT2D eigenvalue weighted by Crippen LogP contribution is 2.38. The number of para-hydroxylation sites is 1. The number of carbonyl (C=O) groups is 2. The van der Waals surface area contributed by atoms with Gasteiger partial charge in [0.15, 0.2) is 5.75 Å². The van der Waals surface area contributed by atoms with Crippen molar-refractivity contribution in [1.29, 1.82) is 0 Å². The zero-order valence-electron chi connectivity index (χ0n) is 14.6. The van der Waals surface area contributed by atoms with Crippen molar-refractivity contribution in [2.75, 3.05) is 10.3 Å². The van der Waals surface area contributed by atoms with Gasteiger partial charge in [0, 0.05) is 11.4 Å². The molecule has 0 aromatic heterocycles. The molecule has 2 aromatic carbocycles. The van der Waals surface area contributed by atoms with Crippen molar-refractivity contribution in [3.8, 4) is 5.75 Å². The molecule has 1 aliphatic heterocycles. The average Bonchev–Trinajstić information content (AvgIpc) is 3.11. The predicted octanol–water partition coefficient (Wildman–Crippen LogP) is 3.76. The number of hydrogen-bond acceptors (Lipinski definition) is 5. The standard InChI is InChI=1S/C18H14BrClF2N4O3/c19-11-6-9(20)7-12(15(11)29-18(21)22)24-17(28)13-8-14(16(23)27)26(25-13)10-4-2-1-3-5-10/h1-7,14,18H,8H2,(H2,23,27)(H,24,28)/t14-/m0/s1. The number of amides is 2. The second kappa shape index (κ2) is 8.75. The van der Waals surface area contributed by atoms with E-state index in [1.165, 1.54) is 17.1 Å². The average molecular weight is 488 g/mol. The van der Waals surface area contributed by atoms with Gasteiger partial charge in [0.2, 0.25) is 5.91 Å². The Morgan fingerprint density at radius 3 is 2.62 bits per heavy atom. The molecule has 0 bridgehead atoms. The van der Waals surface area contributed by atoms with Crippen LogP contribution in [0.1, 0.15) is 6.42 Å². The molecule has 29 heavy (non-hydrogen) atoms. The van der Waals surface area contributed by atoms with Crippen LogP contribution in [0.2, 0.25) is 5.02 Å². The Morgan fingerprint density at radius 2 is 2.00 bits per heavy atom. The van der Waals surface area contributed by atoms with Gasteiger partial charge >= 0.3 is 6.61 Å². The van der Waals surface area contributed by atoms with Crippen molar-refractivity contribution in [2.45, 2.75) is 19.1 Å². The van der Waals surface area contributed by atoms with Gasteiger partial charge in [-0.3, -0.25) is 14.6 Å². The lowest BCUT2D eigenvalue weighted by molar-refractivity contribution is -0.119. The monoisotopic (exact) mass is 486 g/mol. The molecular formula is C18H14BrClF2N4O3. The Kier molecular flexibility index (Phi) is 6.33. The number of carbonyl (C=O) groups excluding carboxylic acids is 2. The van der Waals surface area contributed by atoms with E-state index in [-0.39, 0.29) is 33.1 Å². The zero-order chi connectivity index (χ0) is 21.1. The number of nitrogens with zero attached hydrogens (tertiary/aromatic N) is 2. The van der Waals surface area contributed by atoms with Gasteiger partial charge in [-0.05, 0) is 40.2 Å². The highest BCUT2D eigenvalue weighted by Gasteiger charge is 2.35. The first-order chi connectivity index (χ1) is 13.8. The molecule has 1 aliphatic rings. The molecule has 3 N–H and O–H groups in total. The van der Waals surface area contributed by atoms with E-state index in [0.29, 0.717) is 5.69 Å². The lowest BCUT2D eigenvalue weighted by Crippen LogP contribution is -2.39. The van der Waals surface area contributed by atoms with E-state index in [4.69, 9.17) is 17.3 Å². The third-order valence-corrected chi connectivity index (χ3v) is 4.79. The summed E-state index contributed by atoms with van der Waals surface area (Å²) in [6, 6.07) is 10.5. The van der Waals surface area contributed by atoms with Crippen LogP contribution in [-0.4, -0.2) is 30.2 Å². The van der Waals surface area contributed by atoms with E-state index in [1.54, 1.807) is 30.3 Å². The molecule has 11 heteroatoms. The number of nitrogens with two attached hydrogens (primary N) is 1. The van der Waals surface area contributed by atoms with Crippen LogP contribution in [0.3, 0.4) is 0 Å². The van der Waals surface area contributed by atoms with Crippen molar-refractivity contribution in [1.82, 2.24) is 0 Å². The lowest BCUT2D eigenvalue weighted by atomic mass is 10.1. The summed E-state index contributed by atoms with van der Waals surface area (Å²) in [4.78, 5) is 24.5. The fourth-order valence-electron chi connectivity index (χ4n) is 2.74. The Bertz CT molecular complexity index is 975. The Labute approximate surface area is 177 Å². The van der Waals surface area contributed by atoms with E-state index in [0.717, 1.165) is 0 Å². The summed E-state index contributed by atoms with van der Waals surface area (Å²) in [6.07, 6.45) is -0.0527. The highest BCUT2D eigenvalue weighted by molar-refractivity contribution is 9.10. The number of hydrogen-bond donors (Lipinski definition) is 2. The Balaban J connectivity index is 1.89. The van der Waals surface area contributed by atoms with Crippen LogP contribution in [0.25, 0.3) is 0 Å². The van der Waals surface area contributed by atoms with Crippen molar-refractivity contribution < 1.29 is 23.1 Å². The van der Waals surface area contributed by atoms with Gasteiger partial charge in [-0.25, -0.2) is 0 Å². The van der Waals surface area contributed by atoms with Gasteiger partial charge in [0.05, 0.1) is 15.8 Å². The molecule has 3 rings (SSSR count). The van der Waals surface area contributed by atoms with Gasteiger partial charge in [-0.2, -0.15) is 13.9 Å². The molecule has 2 amide bonds. The summed E-state index contributed by atoms with van der Waals surface area (Å²) in [5.74, 6) is -1.65. The van der Waals surface area contributed by atoms with Crippen molar-refractivity contribution in [3.05, 3.63) is 52.0 Å². The number of rotatable bonds is 6. The van der Waals surface area contributed by atoms with Crippen LogP contribution >= 0.6 is 27.5 Å². The zero-order valence-corrected chi connectivity index (χ0v) is 17.0. The van der Waals surface area contributed by atoms with E-state index in [9.17, 15) is 18.4 Å². The van der Waals surface area contributed by atoms with Crippen molar-refractivity contribution in [3.63, 3.8) is 0 Å². The topological polar surface area (TPSA) is 97.0 Å². The van der Waals surface area contributed by atoms with Crippen LogP contribution in [0.5, 0.6) is 5.75 Å². The summed E-state index contributed by atoms with van der Waals surface area (Å²) in [5, 5.41) is 8.18. The predicted molar refractivity (Wildman–Crippen MR) is 108 cm³/mol. The number of nitrogens with one attached hydrogen (secondary N) is 1. The van der Waals surface area contributed by atoms with E-state index >= 15 is 0 Å². The minimum absolute atomic E-state index is 0.00301. The molecule has 0 fully saturated rings. The minimum Gasteiger partial charge on any atom is -0.431 e. The van der Waals surface area contributed by atoms with Gasteiger partial charge < -0.3 is 15.8 Å². The Hall–Kier alpha value is -2.72. The maximum atomic E-state index is 12.7. The molecule has 7 nitrogen and oxygen atoms in total. The third-order valence-electron chi connectivity index (χ3n) is 3.99. The van der Waals surface area contributed by atoms with Crippen LogP contribution in [0.4, 0.5) is 20.2 Å². The van der Waals surface area contributed by atoms with Gasteiger partial charge in [0.25, 0.3) is 5.91 Å². The molecule has 1 atom stereocenters. The van der Waals surface area contributed by atoms with E-state index in [2.05, 4.69) is 31.1 Å². The van der Waals surface area contributed by atoms with E-state index < -0.39 is 24.5 Å². The number of ether oxygens (including phenoxy) is 1. The first-order valence-electron chi connectivity index (χ1n) is 8.22. The molecule has 152 valence electrons. The van der Waals surface area contributed by atoms with Gasteiger partial charge in [-0.1, -0.05) is 29.8 Å². The molecule has 0 saturated carbocycles. The summed E-state index contributed by atoms with van der Waals surface area (Å²) >= 11 is 9.02. The number of primary amides is 1. The van der Waals surface area contributed by atoms with Crippen LogP contribution in [0, 0.1) is 0 Å². The summed E-state index contributed by atoms with van der Waals surface area (Å²) < 4.78 is 30.1. The third kappa shape index (κ3) is 4.83. The normalized spacial score (nSPS) is 16.0. The van der Waals surface area contributed by atoms with Crippen molar-refractivity contribution >= 4 is 56.4 Å².